The summed E-state index contributed by atoms with van der Waals surface area (Å²) in [6, 6.07) is 1.96. The molecule has 1 aliphatic heterocycles. The van der Waals surface area contributed by atoms with Crippen molar-refractivity contribution < 1.29 is 9.47 Å². The molecule has 1 fully saturated rings. The largest absolute Gasteiger partial charge is 0.376 e. The van der Waals surface area contributed by atoms with Gasteiger partial charge in [-0.05, 0) is 19.4 Å². The lowest BCUT2D eigenvalue weighted by Gasteiger charge is -2.13. The summed E-state index contributed by atoms with van der Waals surface area (Å²) < 4.78 is 10.8. The van der Waals surface area contributed by atoms with Crippen LogP contribution in [0.3, 0.4) is 0 Å². The second kappa shape index (κ2) is 6.77. The van der Waals surface area contributed by atoms with Crippen molar-refractivity contribution in [3.05, 3.63) is 0 Å². The first-order chi connectivity index (χ1) is 6.86. The molecule has 2 atom stereocenters. The summed E-state index contributed by atoms with van der Waals surface area (Å²) in [6.07, 6.45) is 2.46. The predicted octanol–water partition coefficient (Wildman–Crippen LogP) is 0.684. The number of nitrogens with one attached hydrogen (secondary N) is 1. The maximum Gasteiger partial charge on any atom is 0.119 e. The molecule has 4 nitrogen and oxygen atoms in total. The average molecular weight is 198 g/mol. The van der Waals surface area contributed by atoms with Gasteiger partial charge >= 0.3 is 0 Å². The SMILES string of the molecule is CCNC(C#N)COCC1CCCO1. The fourth-order valence-electron chi connectivity index (χ4n) is 1.48. The van der Waals surface area contributed by atoms with E-state index in [2.05, 4.69) is 11.4 Å². The van der Waals surface area contributed by atoms with Crippen LogP contribution in [0.25, 0.3) is 0 Å². The zero-order valence-corrected chi connectivity index (χ0v) is 8.66. The van der Waals surface area contributed by atoms with Crippen LogP contribution >= 0.6 is 0 Å². The third-order valence-corrected chi connectivity index (χ3v) is 2.22. The number of hydrogen-bond donors (Lipinski definition) is 1. The van der Waals surface area contributed by atoms with E-state index in [1.807, 2.05) is 6.92 Å². The number of likely N-dealkylation sites (N-methyl/N-ethyl adjacent to an activating group) is 1. The summed E-state index contributed by atoms with van der Waals surface area (Å²) in [5.41, 5.74) is 0. The molecule has 0 aromatic heterocycles. The van der Waals surface area contributed by atoms with E-state index in [-0.39, 0.29) is 12.1 Å². The van der Waals surface area contributed by atoms with Crippen LogP contribution in [0.2, 0.25) is 0 Å². The number of rotatable bonds is 6. The van der Waals surface area contributed by atoms with Gasteiger partial charge in [0, 0.05) is 6.61 Å². The van der Waals surface area contributed by atoms with Crippen molar-refractivity contribution >= 4 is 0 Å². The van der Waals surface area contributed by atoms with Crippen molar-refractivity contribution in [3.63, 3.8) is 0 Å². The van der Waals surface area contributed by atoms with E-state index in [0.29, 0.717) is 13.2 Å². The molecule has 2 unspecified atom stereocenters. The third-order valence-electron chi connectivity index (χ3n) is 2.22. The average Bonchev–Trinajstić information content (AvgIpc) is 2.69. The Kier molecular flexibility index (Phi) is 5.53. The van der Waals surface area contributed by atoms with E-state index in [9.17, 15) is 0 Å². The molecule has 1 aliphatic rings. The summed E-state index contributed by atoms with van der Waals surface area (Å²) in [7, 11) is 0. The number of hydrogen-bond acceptors (Lipinski definition) is 4. The lowest BCUT2D eigenvalue weighted by atomic mass is 10.2. The molecule has 0 amide bonds. The second-order valence-corrected chi connectivity index (χ2v) is 3.41. The van der Waals surface area contributed by atoms with Gasteiger partial charge in [-0.2, -0.15) is 5.26 Å². The molecule has 4 heteroatoms. The molecule has 1 N–H and O–H groups in total. The van der Waals surface area contributed by atoms with Crippen LogP contribution in [0.5, 0.6) is 0 Å². The van der Waals surface area contributed by atoms with Crippen molar-refractivity contribution in [2.75, 3.05) is 26.4 Å². The van der Waals surface area contributed by atoms with Crippen molar-refractivity contribution in [3.8, 4) is 6.07 Å². The Labute approximate surface area is 85.2 Å². The number of ether oxygens (including phenoxy) is 2. The summed E-state index contributed by atoms with van der Waals surface area (Å²) in [4.78, 5) is 0. The van der Waals surface area contributed by atoms with Crippen LogP contribution in [0, 0.1) is 11.3 Å². The summed E-state index contributed by atoms with van der Waals surface area (Å²) in [5, 5.41) is 11.8. The van der Waals surface area contributed by atoms with E-state index in [1.54, 1.807) is 0 Å². The second-order valence-electron chi connectivity index (χ2n) is 3.41. The first-order valence-corrected chi connectivity index (χ1v) is 5.19. The topological polar surface area (TPSA) is 54.3 Å². The van der Waals surface area contributed by atoms with E-state index >= 15 is 0 Å². The summed E-state index contributed by atoms with van der Waals surface area (Å²) in [6.45, 7) is 4.68. The fraction of sp³-hybridized carbons (Fsp3) is 0.900. The predicted molar refractivity (Wildman–Crippen MR) is 52.9 cm³/mol. The monoisotopic (exact) mass is 198 g/mol. The number of nitrogens with zero attached hydrogens (tertiary/aromatic N) is 1. The highest BCUT2D eigenvalue weighted by molar-refractivity contribution is 4.89. The highest BCUT2D eigenvalue weighted by Gasteiger charge is 2.16. The van der Waals surface area contributed by atoms with Gasteiger partial charge < -0.3 is 14.8 Å². The Balaban J connectivity index is 2.04. The Bertz CT molecular complexity index is 185. The van der Waals surface area contributed by atoms with Gasteiger partial charge in [0.2, 0.25) is 0 Å². The van der Waals surface area contributed by atoms with Gasteiger partial charge in [0.25, 0.3) is 0 Å². The zero-order chi connectivity index (χ0) is 10.2. The smallest absolute Gasteiger partial charge is 0.119 e. The van der Waals surface area contributed by atoms with Crippen LogP contribution in [0.15, 0.2) is 0 Å². The highest BCUT2D eigenvalue weighted by Crippen LogP contribution is 2.11. The summed E-state index contributed by atoms with van der Waals surface area (Å²) in [5.74, 6) is 0. The first-order valence-electron chi connectivity index (χ1n) is 5.19. The molecule has 0 bridgehead atoms. The maximum atomic E-state index is 8.73. The Morgan fingerprint density at radius 2 is 2.57 bits per heavy atom. The van der Waals surface area contributed by atoms with Crippen molar-refractivity contribution in [2.45, 2.75) is 31.9 Å². The van der Waals surface area contributed by atoms with Crippen LogP contribution in [0.4, 0.5) is 0 Å². The van der Waals surface area contributed by atoms with Gasteiger partial charge in [0.1, 0.15) is 6.04 Å². The van der Waals surface area contributed by atoms with Crippen LogP contribution in [0.1, 0.15) is 19.8 Å². The lowest BCUT2D eigenvalue weighted by Crippen LogP contribution is -2.32. The molecular weight excluding hydrogens is 180 g/mol. The molecule has 80 valence electrons. The van der Waals surface area contributed by atoms with E-state index < -0.39 is 0 Å². The molecular formula is C10H18N2O2. The molecule has 1 saturated heterocycles. The molecule has 0 spiro atoms. The van der Waals surface area contributed by atoms with Crippen LogP contribution in [-0.2, 0) is 9.47 Å². The van der Waals surface area contributed by atoms with Crippen molar-refractivity contribution in [1.29, 1.82) is 5.26 Å². The maximum absolute atomic E-state index is 8.73. The Morgan fingerprint density at radius 1 is 1.71 bits per heavy atom. The molecule has 14 heavy (non-hydrogen) atoms. The quantitative estimate of drug-likeness (QED) is 0.682. The minimum atomic E-state index is -0.193. The molecule has 0 aliphatic carbocycles. The Hall–Kier alpha value is -0.630. The molecule has 0 aromatic carbocycles. The summed E-state index contributed by atoms with van der Waals surface area (Å²) >= 11 is 0. The van der Waals surface area contributed by atoms with Gasteiger partial charge in [-0.15, -0.1) is 0 Å². The van der Waals surface area contributed by atoms with Gasteiger partial charge in [0.15, 0.2) is 0 Å². The minimum absolute atomic E-state index is 0.193. The standard InChI is InChI=1S/C10H18N2O2/c1-2-12-9(6-11)7-13-8-10-4-3-5-14-10/h9-10,12H,2-5,7-8H2,1H3. The minimum Gasteiger partial charge on any atom is -0.376 e. The molecule has 0 radical (unpaired) electrons. The van der Waals surface area contributed by atoms with Gasteiger partial charge in [-0.1, -0.05) is 6.92 Å². The number of nitriles is 1. The fourth-order valence-corrected chi connectivity index (χ4v) is 1.48. The molecule has 0 aromatic rings. The highest BCUT2D eigenvalue weighted by atomic mass is 16.5. The normalized spacial score (nSPS) is 23.3. The van der Waals surface area contributed by atoms with E-state index in [1.165, 1.54) is 0 Å². The molecule has 0 saturated carbocycles. The lowest BCUT2D eigenvalue weighted by molar-refractivity contribution is 0.0142. The Morgan fingerprint density at radius 3 is 3.14 bits per heavy atom. The third kappa shape index (κ3) is 4.05. The van der Waals surface area contributed by atoms with Gasteiger partial charge in [0.05, 0.1) is 25.4 Å². The zero-order valence-electron chi connectivity index (χ0n) is 8.66. The van der Waals surface area contributed by atoms with Gasteiger partial charge in [-0.3, -0.25) is 0 Å². The van der Waals surface area contributed by atoms with Crippen molar-refractivity contribution in [1.82, 2.24) is 5.32 Å². The van der Waals surface area contributed by atoms with Crippen LogP contribution in [-0.4, -0.2) is 38.5 Å². The molecule has 1 heterocycles. The first kappa shape index (κ1) is 11.4. The van der Waals surface area contributed by atoms with Gasteiger partial charge in [-0.25, -0.2) is 0 Å². The van der Waals surface area contributed by atoms with E-state index in [4.69, 9.17) is 14.7 Å². The van der Waals surface area contributed by atoms with Crippen LogP contribution < -0.4 is 5.32 Å². The van der Waals surface area contributed by atoms with E-state index in [0.717, 1.165) is 26.0 Å². The molecule has 1 rings (SSSR count). The van der Waals surface area contributed by atoms with Crippen molar-refractivity contribution in [2.24, 2.45) is 0 Å².